The van der Waals surface area contributed by atoms with Crippen molar-refractivity contribution in [3.05, 3.63) is 30.1 Å². The molecular weight excluding hydrogens is 228 g/mol. The molecule has 0 spiro atoms. The van der Waals surface area contributed by atoms with Gasteiger partial charge in [-0.2, -0.15) is 0 Å². The maximum atomic E-state index is 11.7. The highest BCUT2D eigenvalue weighted by molar-refractivity contribution is 5.77. The summed E-state index contributed by atoms with van der Waals surface area (Å²) in [6, 6.07) is 3.82. The van der Waals surface area contributed by atoms with Crippen LogP contribution in [0.3, 0.4) is 0 Å². The largest absolute Gasteiger partial charge is 0.348 e. The van der Waals surface area contributed by atoms with Gasteiger partial charge in [-0.3, -0.25) is 14.7 Å². The molecular formula is C13H22N4O. The third kappa shape index (κ3) is 3.78. The number of carbonyl (C=O) groups is 1. The van der Waals surface area contributed by atoms with E-state index in [0.29, 0.717) is 6.54 Å². The first-order valence-electron chi connectivity index (χ1n) is 5.99. The van der Waals surface area contributed by atoms with Crippen LogP contribution in [0, 0.1) is 0 Å². The second-order valence-corrected chi connectivity index (χ2v) is 4.79. The summed E-state index contributed by atoms with van der Waals surface area (Å²) in [6.45, 7) is 2.29. The van der Waals surface area contributed by atoms with Crippen LogP contribution in [0.1, 0.15) is 18.5 Å². The van der Waals surface area contributed by atoms with Crippen LogP contribution in [-0.2, 0) is 4.79 Å². The van der Waals surface area contributed by atoms with Crippen molar-refractivity contribution in [3.63, 3.8) is 0 Å². The molecule has 2 N–H and O–H groups in total. The molecule has 0 aromatic carbocycles. The number of carbonyl (C=O) groups excluding carboxylic acids is 1. The van der Waals surface area contributed by atoms with Gasteiger partial charge in [0, 0.05) is 38.6 Å². The topological polar surface area (TPSA) is 62.5 Å². The minimum Gasteiger partial charge on any atom is -0.348 e. The third-order valence-corrected chi connectivity index (χ3v) is 2.90. The lowest BCUT2D eigenvalue weighted by Gasteiger charge is -2.31. The molecule has 0 aliphatic carbocycles. The molecule has 100 valence electrons. The number of rotatable bonds is 5. The van der Waals surface area contributed by atoms with E-state index in [1.54, 1.807) is 31.4 Å². The number of hydrogen-bond acceptors (Lipinski definition) is 4. The molecule has 1 aromatic heterocycles. The quantitative estimate of drug-likeness (QED) is 0.826. The molecule has 1 aromatic rings. The first kappa shape index (κ1) is 14.6. The van der Waals surface area contributed by atoms with Gasteiger partial charge in [-0.05, 0) is 31.7 Å². The highest BCUT2D eigenvalue weighted by atomic mass is 16.2. The molecule has 5 heteroatoms. The van der Waals surface area contributed by atoms with Gasteiger partial charge in [0.05, 0.1) is 6.54 Å². The van der Waals surface area contributed by atoms with Gasteiger partial charge in [0.1, 0.15) is 0 Å². The van der Waals surface area contributed by atoms with E-state index < -0.39 is 0 Å². The molecule has 0 saturated heterocycles. The Morgan fingerprint density at radius 1 is 1.33 bits per heavy atom. The van der Waals surface area contributed by atoms with E-state index in [2.05, 4.69) is 4.98 Å². The molecule has 0 saturated carbocycles. The molecule has 1 heterocycles. The SMILES string of the molecule is CC(N)C(c1ccncc1)N(C)CC(=O)N(C)C. The Morgan fingerprint density at radius 3 is 2.33 bits per heavy atom. The van der Waals surface area contributed by atoms with Crippen LogP contribution in [-0.4, -0.2) is 54.4 Å². The molecule has 0 fully saturated rings. The number of nitrogens with two attached hydrogens (primary N) is 1. The van der Waals surface area contributed by atoms with Crippen molar-refractivity contribution < 1.29 is 4.79 Å². The normalized spacial score (nSPS) is 14.3. The number of pyridine rings is 1. The highest BCUT2D eigenvalue weighted by Crippen LogP contribution is 2.21. The Morgan fingerprint density at radius 2 is 1.89 bits per heavy atom. The number of nitrogens with zero attached hydrogens (tertiary/aromatic N) is 3. The first-order chi connectivity index (χ1) is 8.43. The zero-order valence-electron chi connectivity index (χ0n) is 11.5. The van der Waals surface area contributed by atoms with Gasteiger partial charge in [0.15, 0.2) is 0 Å². The zero-order valence-corrected chi connectivity index (χ0v) is 11.5. The summed E-state index contributed by atoms with van der Waals surface area (Å²) in [5, 5.41) is 0. The van der Waals surface area contributed by atoms with Gasteiger partial charge >= 0.3 is 0 Å². The highest BCUT2D eigenvalue weighted by Gasteiger charge is 2.23. The van der Waals surface area contributed by atoms with Gasteiger partial charge in [-0.15, -0.1) is 0 Å². The molecule has 2 unspecified atom stereocenters. The van der Waals surface area contributed by atoms with Crippen molar-refractivity contribution in [2.24, 2.45) is 5.73 Å². The lowest BCUT2D eigenvalue weighted by Crippen LogP contribution is -2.42. The van der Waals surface area contributed by atoms with Gasteiger partial charge in [-0.1, -0.05) is 0 Å². The average molecular weight is 250 g/mol. The third-order valence-electron chi connectivity index (χ3n) is 2.90. The van der Waals surface area contributed by atoms with E-state index in [-0.39, 0.29) is 18.0 Å². The monoisotopic (exact) mass is 250 g/mol. The second-order valence-electron chi connectivity index (χ2n) is 4.79. The summed E-state index contributed by atoms with van der Waals surface area (Å²) in [5.74, 6) is 0.0669. The molecule has 0 aliphatic rings. The van der Waals surface area contributed by atoms with Crippen LogP contribution in [0.5, 0.6) is 0 Å². The van der Waals surface area contributed by atoms with Crippen molar-refractivity contribution >= 4 is 5.91 Å². The van der Waals surface area contributed by atoms with Gasteiger partial charge < -0.3 is 10.6 Å². The predicted octanol–water partition coefficient (Wildman–Crippen LogP) is 0.490. The van der Waals surface area contributed by atoms with Crippen molar-refractivity contribution in [3.8, 4) is 0 Å². The van der Waals surface area contributed by atoms with E-state index in [0.717, 1.165) is 5.56 Å². The minimum atomic E-state index is -0.0626. The fourth-order valence-electron chi connectivity index (χ4n) is 1.97. The Balaban J connectivity index is 2.83. The minimum absolute atomic E-state index is 0.0110. The molecule has 0 radical (unpaired) electrons. The van der Waals surface area contributed by atoms with Crippen LogP contribution < -0.4 is 5.73 Å². The van der Waals surface area contributed by atoms with E-state index in [4.69, 9.17) is 5.73 Å². The Bertz CT molecular complexity index is 378. The number of hydrogen-bond donors (Lipinski definition) is 1. The molecule has 5 nitrogen and oxygen atoms in total. The summed E-state index contributed by atoms with van der Waals surface area (Å²) in [6.07, 6.45) is 3.48. The smallest absolute Gasteiger partial charge is 0.236 e. The van der Waals surface area contributed by atoms with Crippen LogP contribution >= 0.6 is 0 Å². The van der Waals surface area contributed by atoms with Gasteiger partial charge in [-0.25, -0.2) is 0 Å². The van der Waals surface area contributed by atoms with Gasteiger partial charge in [0.2, 0.25) is 5.91 Å². The predicted molar refractivity (Wildman–Crippen MR) is 72.0 cm³/mol. The Kier molecular flexibility index (Phi) is 5.25. The van der Waals surface area contributed by atoms with E-state index in [1.165, 1.54) is 0 Å². The average Bonchev–Trinajstić information content (AvgIpc) is 2.29. The molecule has 18 heavy (non-hydrogen) atoms. The van der Waals surface area contributed by atoms with Gasteiger partial charge in [0.25, 0.3) is 0 Å². The maximum Gasteiger partial charge on any atom is 0.236 e. The van der Waals surface area contributed by atoms with Crippen molar-refractivity contribution in [2.45, 2.75) is 19.0 Å². The van der Waals surface area contributed by atoms with Crippen LogP contribution in [0.25, 0.3) is 0 Å². The maximum absolute atomic E-state index is 11.7. The summed E-state index contributed by atoms with van der Waals surface area (Å²) in [5.41, 5.74) is 7.11. The fraction of sp³-hybridized carbons (Fsp3) is 0.538. The van der Waals surface area contributed by atoms with Crippen molar-refractivity contribution in [1.29, 1.82) is 0 Å². The lowest BCUT2D eigenvalue weighted by molar-refractivity contribution is -0.130. The first-order valence-corrected chi connectivity index (χ1v) is 5.99. The number of aromatic nitrogens is 1. The van der Waals surface area contributed by atoms with E-state index in [9.17, 15) is 4.79 Å². The van der Waals surface area contributed by atoms with Crippen LogP contribution in [0.4, 0.5) is 0 Å². The van der Waals surface area contributed by atoms with Crippen molar-refractivity contribution in [2.75, 3.05) is 27.7 Å². The lowest BCUT2D eigenvalue weighted by atomic mass is 10.0. The Hall–Kier alpha value is -1.46. The summed E-state index contributed by atoms with van der Waals surface area (Å²) in [7, 11) is 5.42. The standard InChI is InChI=1S/C13H22N4O/c1-10(14)13(11-5-7-15-8-6-11)17(4)9-12(18)16(2)3/h5-8,10,13H,9,14H2,1-4H3. The zero-order chi connectivity index (χ0) is 13.7. The van der Waals surface area contributed by atoms with Crippen molar-refractivity contribution in [1.82, 2.24) is 14.8 Å². The molecule has 0 bridgehead atoms. The molecule has 0 aliphatic heterocycles. The number of likely N-dealkylation sites (N-methyl/N-ethyl adjacent to an activating group) is 2. The number of amides is 1. The summed E-state index contributed by atoms with van der Waals surface area (Å²) in [4.78, 5) is 19.3. The molecule has 1 amide bonds. The van der Waals surface area contributed by atoms with E-state index in [1.807, 2.05) is 31.0 Å². The Labute approximate surface area is 109 Å². The summed E-state index contributed by atoms with van der Waals surface area (Å²) >= 11 is 0. The molecule has 2 atom stereocenters. The fourth-order valence-corrected chi connectivity index (χ4v) is 1.97. The molecule has 1 rings (SSSR count). The second kappa shape index (κ2) is 6.47. The summed E-state index contributed by atoms with van der Waals surface area (Å²) < 4.78 is 0. The van der Waals surface area contributed by atoms with Crippen LogP contribution in [0.2, 0.25) is 0 Å². The van der Waals surface area contributed by atoms with E-state index >= 15 is 0 Å². The van der Waals surface area contributed by atoms with Crippen LogP contribution in [0.15, 0.2) is 24.5 Å².